The minimum atomic E-state index is -0.115. The molecule has 0 radical (unpaired) electrons. The molecule has 3 aromatic heterocycles. The van der Waals surface area contributed by atoms with Crippen LogP contribution in [0.5, 0.6) is 0 Å². The largest absolute Gasteiger partial charge is 0.352 e. The summed E-state index contributed by atoms with van der Waals surface area (Å²) >= 11 is 0. The Morgan fingerprint density at radius 3 is 2.67 bits per heavy atom. The van der Waals surface area contributed by atoms with Crippen molar-refractivity contribution in [1.29, 1.82) is 0 Å². The van der Waals surface area contributed by atoms with Crippen molar-refractivity contribution in [3.05, 3.63) is 39.7 Å². The van der Waals surface area contributed by atoms with Crippen LogP contribution in [-0.2, 0) is 0 Å². The van der Waals surface area contributed by atoms with E-state index in [-0.39, 0.29) is 11.6 Å². The minimum absolute atomic E-state index is 0.115. The normalized spacial score (nSPS) is 12.5. The van der Waals surface area contributed by atoms with Crippen molar-refractivity contribution < 1.29 is 0 Å². The van der Waals surface area contributed by atoms with Gasteiger partial charge in [0, 0.05) is 23.4 Å². The van der Waals surface area contributed by atoms with E-state index in [9.17, 15) is 4.79 Å². The standard InChI is InChI=1S/C17H22N6O/c1-6-9(2)18-17-21-12(5)20-16-15(11(4)22-23(16)17)13-7-8-14(24)19-10(13)3/h7-9H,6H2,1-5H3,(H,19,24)(H,18,20,21)/t9-/m1/s1. The minimum Gasteiger partial charge on any atom is -0.352 e. The van der Waals surface area contributed by atoms with Crippen LogP contribution >= 0.6 is 0 Å². The fourth-order valence-corrected chi connectivity index (χ4v) is 2.72. The fourth-order valence-electron chi connectivity index (χ4n) is 2.72. The van der Waals surface area contributed by atoms with Gasteiger partial charge in [0.05, 0.1) is 11.3 Å². The van der Waals surface area contributed by atoms with E-state index < -0.39 is 0 Å². The summed E-state index contributed by atoms with van der Waals surface area (Å²) in [5.41, 5.74) is 4.11. The zero-order chi connectivity index (χ0) is 17.4. The Kier molecular flexibility index (Phi) is 4.09. The van der Waals surface area contributed by atoms with Crippen LogP contribution in [0.3, 0.4) is 0 Å². The molecule has 126 valence electrons. The molecule has 0 unspecified atom stereocenters. The molecule has 0 spiro atoms. The van der Waals surface area contributed by atoms with E-state index in [1.165, 1.54) is 6.07 Å². The van der Waals surface area contributed by atoms with Crippen molar-refractivity contribution in [2.24, 2.45) is 0 Å². The molecule has 3 rings (SSSR count). The zero-order valence-corrected chi connectivity index (χ0v) is 14.6. The van der Waals surface area contributed by atoms with Crippen molar-refractivity contribution in [2.45, 2.75) is 47.1 Å². The van der Waals surface area contributed by atoms with Crippen LogP contribution < -0.4 is 10.9 Å². The van der Waals surface area contributed by atoms with E-state index in [0.717, 1.165) is 34.6 Å². The number of rotatable bonds is 4. The van der Waals surface area contributed by atoms with E-state index in [0.29, 0.717) is 11.8 Å². The number of H-pyrrole nitrogens is 1. The molecule has 0 aliphatic rings. The van der Waals surface area contributed by atoms with Crippen molar-refractivity contribution >= 4 is 11.6 Å². The van der Waals surface area contributed by atoms with Crippen molar-refractivity contribution in [1.82, 2.24) is 24.6 Å². The summed E-state index contributed by atoms with van der Waals surface area (Å²) < 4.78 is 1.74. The van der Waals surface area contributed by atoms with Crippen LogP contribution in [0.15, 0.2) is 16.9 Å². The topological polar surface area (TPSA) is 88.0 Å². The van der Waals surface area contributed by atoms with Gasteiger partial charge in [0.2, 0.25) is 11.5 Å². The SMILES string of the molecule is CC[C@@H](C)Nc1nc(C)nc2c(-c3ccc(=O)[nH]c3C)c(C)nn12. The second kappa shape index (κ2) is 6.07. The lowest BCUT2D eigenvalue weighted by molar-refractivity contribution is 0.733. The number of aromatic amines is 1. The van der Waals surface area contributed by atoms with Gasteiger partial charge in [0.1, 0.15) is 5.82 Å². The Morgan fingerprint density at radius 2 is 2.00 bits per heavy atom. The molecule has 3 heterocycles. The molecule has 0 aromatic carbocycles. The molecule has 24 heavy (non-hydrogen) atoms. The Bertz CT molecular complexity index is 956. The van der Waals surface area contributed by atoms with Gasteiger partial charge in [-0.2, -0.15) is 14.6 Å². The highest BCUT2D eigenvalue weighted by atomic mass is 16.1. The molecule has 0 bridgehead atoms. The first-order chi connectivity index (χ1) is 11.4. The van der Waals surface area contributed by atoms with Gasteiger partial charge in [-0.15, -0.1) is 0 Å². The summed E-state index contributed by atoms with van der Waals surface area (Å²) in [6.07, 6.45) is 0.983. The summed E-state index contributed by atoms with van der Waals surface area (Å²) in [4.78, 5) is 23.4. The fraction of sp³-hybridized carbons (Fsp3) is 0.412. The van der Waals surface area contributed by atoms with Crippen molar-refractivity contribution in [3.63, 3.8) is 0 Å². The number of nitrogens with zero attached hydrogens (tertiary/aromatic N) is 4. The highest BCUT2D eigenvalue weighted by Crippen LogP contribution is 2.29. The summed E-state index contributed by atoms with van der Waals surface area (Å²) in [6.45, 7) is 9.91. The Balaban J connectivity index is 2.26. The van der Waals surface area contributed by atoms with E-state index >= 15 is 0 Å². The van der Waals surface area contributed by atoms with Gasteiger partial charge in [0.25, 0.3) is 0 Å². The summed E-state index contributed by atoms with van der Waals surface area (Å²) in [6, 6.07) is 3.62. The van der Waals surface area contributed by atoms with Gasteiger partial charge in [0.15, 0.2) is 5.65 Å². The third-order valence-electron chi connectivity index (χ3n) is 4.15. The summed E-state index contributed by atoms with van der Waals surface area (Å²) in [7, 11) is 0. The predicted octanol–water partition coefficient (Wildman–Crippen LogP) is 2.62. The molecule has 0 aliphatic heterocycles. The number of nitrogens with one attached hydrogen (secondary N) is 2. The van der Waals surface area contributed by atoms with Gasteiger partial charge in [-0.25, -0.2) is 4.98 Å². The average Bonchev–Trinajstić information content (AvgIpc) is 2.84. The van der Waals surface area contributed by atoms with Crippen LogP contribution in [0.1, 0.15) is 37.5 Å². The lowest BCUT2D eigenvalue weighted by Gasteiger charge is -2.13. The molecule has 0 aliphatic carbocycles. The number of aromatic nitrogens is 5. The van der Waals surface area contributed by atoms with Crippen LogP contribution in [0.25, 0.3) is 16.8 Å². The molecule has 0 fully saturated rings. The van der Waals surface area contributed by atoms with Crippen LogP contribution in [-0.4, -0.2) is 30.6 Å². The second-order valence-corrected chi connectivity index (χ2v) is 6.11. The first kappa shape index (κ1) is 16.2. The zero-order valence-electron chi connectivity index (χ0n) is 14.6. The molecule has 2 N–H and O–H groups in total. The molecule has 0 saturated carbocycles. The van der Waals surface area contributed by atoms with Gasteiger partial charge in [-0.3, -0.25) is 4.79 Å². The van der Waals surface area contributed by atoms with Crippen LogP contribution in [0, 0.1) is 20.8 Å². The third-order valence-corrected chi connectivity index (χ3v) is 4.15. The monoisotopic (exact) mass is 326 g/mol. The molecule has 0 saturated heterocycles. The molecule has 0 amide bonds. The first-order valence-corrected chi connectivity index (χ1v) is 8.11. The summed E-state index contributed by atoms with van der Waals surface area (Å²) in [5.74, 6) is 1.36. The van der Waals surface area contributed by atoms with Crippen molar-refractivity contribution in [3.8, 4) is 11.1 Å². The number of aryl methyl sites for hydroxylation is 3. The number of hydrogen-bond donors (Lipinski definition) is 2. The Hall–Kier alpha value is -2.70. The van der Waals surface area contributed by atoms with Gasteiger partial charge in [-0.1, -0.05) is 6.92 Å². The third kappa shape index (κ3) is 2.77. The highest BCUT2D eigenvalue weighted by Gasteiger charge is 2.19. The molecular weight excluding hydrogens is 304 g/mol. The van der Waals surface area contributed by atoms with E-state index in [4.69, 9.17) is 0 Å². The maximum atomic E-state index is 11.5. The lowest BCUT2D eigenvalue weighted by Crippen LogP contribution is -2.18. The first-order valence-electron chi connectivity index (χ1n) is 8.11. The molecule has 3 aromatic rings. The quantitative estimate of drug-likeness (QED) is 0.769. The average molecular weight is 326 g/mol. The maximum Gasteiger partial charge on any atom is 0.248 e. The predicted molar refractivity (Wildman–Crippen MR) is 94.4 cm³/mol. The maximum absolute atomic E-state index is 11.5. The highest BCUT2D eigenvalue weighted by molar-refractivity contribution is 5.81. The molecule has 1 atom stereocenters. The Labute approximate surface area is 140 Å². The lowest BCUT2D eigenvalue weighted by atomic mass is 10.1. The van der Waals surface area contributed by atoms with E-state index in [1.54, 1.807) is 4.52 Å². The molecule has 7 nitrogen and oxygen atoms in total. The van der Waals surface area contributed by atoms with E-state index in [1.807, 2.05) is 26.8 Å². The molecule has 7 heteroatoms. The second-order valence-electron chi connectivity index (χ2n) is 6.11. The van der Waals surface area contributed by atoms with Gasteiger partial charge < -0.3 is 10.3 Å². The van der Waals surface area contributed by atoms with Crippen LogP contribution in [0.2, 0.25) is 0 Å². The van der Waals surface area contributed by atoms with Crippen molar-refractivity contribution in [2.75, 3.05) is 5.32 Å². The number of anilines is 1. The van der Waals surface area contributed by atoms with Gasteiger partial charge >= 0.3 is 0 Å². The smallest absolute Gasteiger partial charge is 0.248 e. The Morgan fingerprint density at radius 1 is 1.25 bits per heavy atom. The molecular formula is C17H22N6O. The van der Waals surface area contributed by atoms with Gasteiger partial charge in [-0.05, 0) is 40.2 Å². The van der Waals surface area contributed by atoms with Crippen LogP contribution in [0.4, 0.5) is 5.95 Å². The summed E-state index contributed by atoms with van der Waals surface area (Å²) in [5, 5.41) is 8.00. The number of pyridine rings is 1. The van der Waals surface area contributed by atoms with E-state index in [2.05, 4.69) is 39.2 Å². The number of hydrogen-bond acceptors (Lipinski definition) is 5. The number of fused-ring (bicyclic) bond motifs is 1.